The monoisotopic (exact) mass is 721 g/mol. The first-order valence-corrected chi connectivity index (χ1v) is 20.9. The zero-order chi connectivity index (χ0) is 37.6. The smallest absolute Gasteiger partial charge is 0.0540 e. The molecule has 0 N–H and O–H groups in total. The van der Waals surface area contributed by atoms with Crippen molar-refractivity contribution < 1.29 is 0 Å². The second-order valence-electron chi connectivity index (χ2n) is 18.4. The molecule has 12 rings (SSSR count). The van der Waals surface area contributed by atoms with Crippen molar-refractivity contribution in [3.05, 3.63) is 185 Å². The maximum absolute atomic E-state index is 2.63. The summed E-state index contributed by atoms with van der Waals surface area (Å²) in [6.45, 7) is 9.62. The lowest BCUT2D eigenvalue weighted by Crippen LogP contribution is -2.31. The van der Waals surface area contributed by atoms with E-state index >= 15 is 0 Å². The van der Waals surface area contributed by atoms with Crippen LogP contribution < -0.4 is 4.90 Å². The summed E-state index contributed by atoms with van der Waals surface area (Å²) in [5, 5.41) is 0. The van der Waals surface area contributed by atoms with Gasteiger partial charge in [-0.1, -0.05) is 162 Å². The van der Waals surface area contributed by atoms with Crippen molar-refractivity contribution in [3.63, 3.8) is 0 Å². The molecule has 3 unspecified atom stereocenters. The lowest BCUT2D eigenvalue weighted by Gasteiger charge is -2.37. The van der Waals surface area contributed by atoms with Gasteiger partial charge in [-0.2, -0.15) is 0 Å². The van der Waals surface area contributed by atoms with Gasteiger partial charge in [0, 0.05) is 27.5 Å². The van der Waals surface area contributed by atoms with Crippen LogP contribution in [0.1, 0.15) is 86.8 Å². The molecule has 0 aliphatic heterocycles. The highest BCUT2D eigenvalue weighted by molar-refractivity contribution is 6.00. The minimum Gasteiger partial charge on any atom is -0.310 e. The van der Waals surface area contributed by atoms with Crippen molar-refractivity contribution in [2.24, 2.45) is 11.8 Å². The van der Waals surface area contributed by atoms with Crippen LogP contribution >= 0.6 is 0 Å². The summed E-state index contributed by atoms with van der Waals surface area (Å²) < 4.78 is 0. The molecular formula is C55H47N. The molecule has 0 aromatic heterocycles. The highest BCUT2D eigenvalue weighted by Crippen LogP contribution is 2.66. The second kappa shape index (κ2) is 11.2. The molecule has 5 aliphatic carbocycles. The first-order chi connectivity index (χ1) is 27.3. The molecule has 56 heavy (non-hydrogen) atoms. The highest BCUT2D eigenvalue weighted by atomic mass is 15.1. The fraction of sp³-hybridized carbons (Fsp3) is 0.236. The van der Waals surface area contributed by atoms with Gasteiger partial charge in [-0.25, -0.2) is 0 Å². The Hall–Kier alpha value is -5.66. The van der Waals surface area contributed by atoms with E-state index in [-0.39, 0.29) is 16.2 Å². The summed E-state index contributed by atoms with van der Waals surface area (Å²) in [6, 6.07) is 58.3. The molecule has 7 aromatic rings. The van der Waals surface area contributed by atoms with Gasteiger partial charge in [0.2, 0.25) is 0 Å². The van der Waals surface area contributed by atoms with E-state index < -0.39 is 0 Å². The molecular weight excluding hydrogens is 675 g/mol. The third-order valence-corrected chi connectivity index (χ3v) is 15.1. The lowest BCUT2D eigenvalue weighted by molar-refractivity contribution is 0.327. The fourth-order valence-electron chi connectivity index (χ4n) is 12.8. The van der Waals surface area contributed by atoms with Gasteiger partial charge < -0.3 is 4.90 Å². The Balaban J connectivity index is 1.13. The molecule has 2 bridgehead atoms. The molecule has 272 valence electrons. The van der Waals surface area contributed by atoms with Crippen LogP contribution in [0.2, 0.25) is 0 Å². The van der Waals surface area contributed by atoms with Gasteiger partial charge in [0.05, 0.1) is 11.4 Å². The van der Waals surface area contributed by atoms with E-state index in [1.807, 2.05) is 0 Å². The summed E-state index contributed by atoms with van der Waals surface area (Å²) in [4.78, 5) is 2.63. The van der Waals surface area contributed by atoms with Crippen LogP contribution in [0.5, 0.6) is 0 Å². The summed E-state index contributed by atoms with van der Waals surface area (Å²) in [7, 11) is 0. The summed E-state index contributed by atoms with van der Waals surface area (Å²) in [6.07, 6.45) is 5.42. The zero-order valence-electron chi connectivity index (χ0n) is 32.9. The molecule has 1 spiro atoms. The van der Waals surface area contributed by atoms with E-state index in [0.29, 0.717) is 0 Å². The van der Waals surface area contributed by atoms with Gasteiger partial charge in [-0.3, -0.25) is 0 Å². The number of hydrogen-bond acceptors (Lipinski definition) is 1. The van der Waals surface area contributed by atoms with Gasteiger partial charge in [0.25, 0.3) is 0 Å². The average molecular weight is 722 g/mol. The van der Waals surface area contributed by atoms with E-state index in [4.69, 9.17) is 0 Å². The molecule has 5 aliphatic rings. The molecule has 1 nitrogen and oxygen atoms in total. The van der Waals surface area contributed by atoms with Crippen molar-refractivity contribution in [1.82, 2.24) is 0 Å². The normalized spacial score (nSPS) is 22.0. The number of anilines is 3. The quantitative estimate of drug-likeness (QED) is 0.175. The van der Waals surface area contributed by atoms with E-state index in [2.05, 4.69) is 184 Å². The van der Waals surface area contributed by atoms with Crippen molar-refractivity contribution in [1.29, 1.82) is 0 Å². The third kappa shape index (κ3) is 4.06. The first kappa shape index (κ1) is 32.6. The Morgan fingerprint density at radius 1 is 0.446 bits per heavy atom. The zero-order valence-corrected chi connectivity index (χ0v) is 32.9. The molecule has 7 aromatic carbocycles. The van der Waals surface area contributed by atoms with Crippen molar-refractivity contribution in [3.8, 4) is 44.5 Å². The molecule has 0 radical (unpaired) electrons. The number of fused-ring (bicyclic) bond motifs is 14. The van der Waals surface area contributed by atoms with Crippen molar-refractivity contribution >= 4 is 17.1 Å². The van der Waals surface area contributed by atoms with Crippen molar-refractivity contribution in [2.75, 3.05) is 4.90 Å². The molecule has 0 saturated heterocycles. The molecule has 0 amide bonds. The standard InChI is InChI=1S/C55H47N/c1-53(2)45-22-10-7-18-42(45)51-40(19-13-24-48(51)53)39-17-8-12-25-49(39)56(50-26-14-20-41-37-15-5-9-21-44(37)54(3,4)52(41)50)36-29-30-47-43(32-36)38-16-6-11-23-46(38)55(47)33-34-27-28-35(55)31-34/h5-26,29-30,32,34-35H,27-28,31,33H2,1-4H3. The topological polar surface area (TPSA) is 3.24 Å². The van der Waals surface area contributed by atoms with Crippen LogP contribution in [-0.2, 0) is 16.2 Å². The van der Waals surface area contributed by atoms with E-state index in [1.165, 1.54) is 110 Å². The SMILES string of the molecule is CC1(C)c2ccccc2-c2c(-c3ccccc3N(c3ccc4c(c3)-c3ccccc3C43CC4CCC3C4)c3cccc4c3C(C)(C)c3ccccc3-4)cccc21. The summed E-state index contributed by atoms with van der Waals surface area (Å²) in [5.41, 5.74) is 23.2. The van der Waals surface area contributed by atoms with Gasteiger partial charge >= 0.3 is 0 Å². The Morgan fingerprint density at radius 2 is 1.02 bits per heavy atom. The molecule has 2 fully saturated rings. The molecule has 1 heteroatoms. The van der Waals surface area contributed by atoms with Crippen LogP contribution in [-0.4, -0.2) is 0 Å². The Kier molecular flexibility index (Phi) is 6.53. The largest absolute Gasteiger partial charge is 0.310 e. The van der Waals surface area contributed by atoms with E-state index in [0.717, 1.165) is 11.8 Å². The number of rotatable bonds is 4. The van der Waals surface area contributed by atoms with Gasteiger partial charge in [0.15, 0.2) is 0 Å². The van der Waals surface area contributed by atoms with Crippen LogP contribution in [0.4, 0.5) is 17.1 Å². The average Bonchev–Trinajstić information content (AvgIpc) is 4.02. The van der Waals surface area contributed by atoms with Crippen molar-refractivity contribution in [2.45, 2.75) is 69.6 Å². The Bertz CT molecular complexity index is 2800. The predicted molar refractivity (Wildman–Crippen MR) is 233 cm³/mol. The minimum atomic E-state index is -0.177. The van der Waals surface area contributed by atoms with Gasteiger partial charge in [0.1, 0.15) is 0 Å². The van der Waals surface area contributed by atoms with Crippen LogP contribution in [0.25, 0.3) is 44.5 Å². The predicted octanol–water partition coefficient (Wildman–Crippen LogP) is 14.5. The third-order valence-electron chi connectivity index (χ3n) is 15.1. The Labute approximate surface area is 331 Å². The molecule has 0 heterocycles. The maximum Gasteiger partial charge on any atom is 0.0540 e. The maximum atomic E-state index is 2.63. The Morgan fingerprint density at radius 3 is 1.77 bits per heavy atom. The van der Waals surface area contributed by atoms with Crippen LogP contribution in [0, 0.1) is 11.8 Å². The summed E-state index contributed by atoms with van der Waals surface area (Å²) >= 11 is 0. The lowest BCUT2D eigenvalue weighted by atomic mass is 9.67. The minimum absolute atomic E-state index is 0.0738. The van der Waals surface area contributed by atoms with E-state index in [1.54, 1.807) is 11.1 Å². The molecule has 3 atom stereocenters. The van der Waals surface area contributed by atoms with Crippen LogP contribution in [0.15, 0.2) is 152 Å². The highest BCUT2D eigenvalue weighted by Gasteiger charge is 2.56. The number of benzene rings is 7. The number of hydrogen-bond donors (Lipinski definition) is 0. The number of para-hydroxylation sites is 1. The van der Waals surface area contributed by atoms with E-state index in [9.17, 15) is 0 Å². The van der Waals surface area contributed by atoms with Gasteiger partial charge in [-0.15, -0.1) is 0 Å². The fourth-order valence-corrected chi connectivity index (χ4v) is 12.8. The summed E-state index contributed by atoms with van der Waals surface area (Å²) in [5.74, 6) is 1.59. The van der Waals surface area contributed by atoms with Gasteiger partial charge in [-0.05, 0) is 128 Å². The first-order valence-electron chi connectivity index (χ1n) is 20.9. The second-order valence-corrected chi connectivity index (χ2v) is 18.4. The molecule has 2 saturated carbocycles. The number of nitrogens with zero attached hydrogens (tertiary/aromatic N) is 1. The van der Waals surface area contributed by atoms with Crippen LogP contribution in [0.3, 0.4) is 0 Å².